The van der Waals surface area contributed by atoms with Gasteiger partial charge in [-0.05, 0) is 68.1 Å². The third-order valence-electron chi connectivity index (χ3n) is 5.75. The molecule has 3 aromatic rings. The predicted molar refractivity (Wildman–Crippen MR) is 146 cm³/mol. The van der Waals surface area contributed by atoms with Gasteiger partial charge in [0.05, 0.1) is 18.4 Å². The summed E-state index contributed by atoms with van der Waals surface area (Å²) in [5, 5.41) is 11.3. The Balaban J connectivity index is 0.00000306. The Kier molecular flexibility index (Phi) is 10.2. The zero-order valence-corrected chi connectivity index (χ0v) is 21.7. The van der Waals surface area contributed by atoms with Crippen LogP contribution in [0, 0.1) is 0 Å². The molecule has 0 spiro atoms. The van der Waals surface area contributed by atoms with Crippen molar-refractivity contribution in [3.8, 4) is 5.69 Å². The molecule has 0 atom stereocenters. The highest BCUT2D eigenvalue weighted by Gasteiger charge is 2.11. The number of guanidine groups is 1. The molecule has 1 saturated heterocycles. The van der Waals surface area contributed by atoms with Crippen molar-refractivity contribution in [2.75, 3.05) is 26.2 Å². The second-order valence-electron chi connectivity index (χ2n) is 8.30. The minimum Gasteiger partial charge on any atom is -0.357 e. The first-order chi connectivity index (χ1) is 15.8. The summed E-state index contributed by atoms with van der Waals surface area (Å²) in [7, 11) is 0. The van der Waals surface area contributed by atoms with Gasteiger partial charge in [-0.25, -0.2) is 9.67 Å². The molecule has 0 radical (unpaired) electrons. The van der Waals surface area contributed by atoms with E-state index in [1.807, 2.05) is 29.1 Å². The quantitative estimate of drug-likeness (QED) is 0.233. The van der Waals surface area contributed by atoms with E-state index in [1.54, 1.807) is 0 Å². The molecule has 1 fully saturated rings. The van der Waals surface area contributed by atoms with E-state index < -0.39 is 0 Å². The van der Waals surface area contributed by atoms with Gasteiger partial charge in [-0.3, -0.25) is 4.90 Å². The molecule has 1 aliphatic rings. The maximum absolute atomic E-state index is 4.76. The lowest BCUT2D eigenvalue weighted by Gasteiger charge is -2.14. The molecule has 0 aliphatic carbocycles. The van der Waals surface area contributed by atoms with Crippen LogP contribution in [0.2, 0.25) is 0 Å². The third kappa shape index (κ3) is 7.85. The number of rotatable bonds is 9. The second kappa shape index (κ2) is 13.3. The van der Waals surface area contributed by atoms with Gasteiger partial charge >= 0.3 is 0 Å². The van der Waals surface area contributed by atoms with Gasteiger partial charge in [-0.1, -0.05) is 42.5 Å². The van der Waals surface area contributed by atoms with Crippen LogP contribution in [0.15, 0.2) is 72.0 Å². The van der Waals surface area contributed by atoms with Gasteiger partial charge in [0, 0.05) is 25.8 Å². The monoisotopic (exact) mass is 558 g/mol. The van der Waals surface area contributed by atoms with Crippen LogP contribution in [-0.4, -0.2) is 46.8 Å². The number of nitrogens with one attached hydrogen (secondary N) is 2. The summed E-state index contributed by atoms with van der Waals surface area (Å²) in [5.41, 5.74) is 4.90. The van der Waals surface area contributed by atoms with Crippen LogP contribution in [0.3, 0.4) is 0 Å². The van der Waals surface area contributed by atoms with Gasteiger partial charge in [-0.15, -0.1) is 24.0 Å². The lowest BCUT2D eigenvalue weighted by Crippen LogP contribution is -2.38. The first-order valence-corrected chi connectivity index (χ1v) is 11.7. The zero-order valence-electron chi connectivity index (χ0n) is 19.4. The molecule has 2 aromatic carbocycles. The number of aliphatic imine (C=N–C) groups is 1. The summed E-state index contributed by atoms with van der Waals surface area (Å²) >= 11 is 0. The Labute approximate surface area is 214 Å². The van der Waals surface area contributed by atoms with Gasteiger partial charge in [0.15, 0.2) is 5.96 Å². The van der Waals surface area contributed by atoms with Crippen LogP contribution < -0.4 is 10.6 Å². The van der Waals surface area contributed by atoms with Gasteiger partial charge in [0.2, 0.25) is 0 Å². The molecule has 33 heavy (non-hydrogen) atoms. The average Bonchev–Trinajstić information content (AvgIpc) is 3.51. The Morgan fingerprint density at radius 3 is 2.39 bits per heavy atom. The smallest absolute Gasteiger partial charge is 0.191 e. The summed E-state index contributed by atoms with van der Waals surface area (Å²) in [6.07, 6.45) is 7.58. The van der Waals surface area contributed by atoms with Gasteiger partial charge < -0.3 is 10.6 Å². The largest absolute Gasteiger partial charge is 0.357 e. The molecular weight excluding hydrogens is 523 g/mol. The fourth-order valence-corrected chi connectivity index (χ4v) is 4.00. The Morgan fingerprint density at radius 2 is 1.67 bits per heavy atom. The van der Waals surface area contributed by atoms with Crippen LogP contribution in [0.5, 0.6) is 0 Å². The fourth-order valence-electron chi connectivity index (χ4n) is 4.00. The first kappa shape index (κ1) is 25.2. The van der Waals surface area contributed by atoms with Gasteiger partial charge in [0.1, 0.15) is 0 Å². The SMILES string of the molecule is CCNC(=NCc1ccc(CN2CCCC2)cc1)NCCc1cnn(-c2ccccc2)c1.I. The van der Waals surface area contributed by atoms with Gasteiger partial charge in [-0.2, -0.15) is 5.10 Å². The van der Waals surface area contributed by atoms with Crippen molar-refractivity contribution in [1.82, 2.24) is 25.3 Å². The van der Waals surface area contributed by atoms with E-state index >= 15 is 0 Å². The number of nitrogens with zero attached hydrogens (tertiary/aromatic N) is 4. The zero-order chi connectivity index (χ0) is 22.0. The maximum atomic E-state index is 4.76. The van der Waals surface area contributed by atoms with Crippen molar-refractivity contribution in [3.05, 3.63) is 83.7 Å². The molecule has 1 aromatic heterocycles. The van der Waals surface area contributed by atoms with Crippen LogP contribution >= 0.6 is 24.0 Å². The molecule has 6 nitrogen and oxygen atoms in total. The lowest BCUT2D eigenvalue weighted by atomic mass is 10.1. The maximum Gasteiger partial charge on any atom is 0.191 e. The average molecular weight is 559 g/mol. The third-order valence-corrected chi connectivity index (χ3v) is 5.75. The van der Waals surface area contributed by atoms with Crippen LogP contribution in [-0.2, 0) is 19.5 Å². The minimum atomic E-state index is 0. The summed E-state index contributed by atoms with van der Waals surface area (Å²) in [6.45, 7) is 7.94. The molecule has 0 unspecified atom stereocenters. The second-order valence-corrected chi connectivity index (χ2v) is 8.30. The molecule has 0 bridgehead atoms. The molecule has 1 aliphatic heterocycles. The molecular formula is C26H35IN6. The Bertz CT molecular complexity index is 978. The van der Waals surface area contributed by atoms with Crippen LogP contribution in [0.1, 0.15) is 36.5 Å². The molecule has 2 heterocycles. The van der Waals surface area contributed by atoms with Gasteiger partial charge in [0.25, 0.3) is 0 Å². The fraction of sp³-hybridized carbons (Fsp3) is 0.385. The van der Waals surface area contributed by atoms with Crippen molar-refractivity contribution in [3.63, 3.8) is 0 Å². The van der Waals surface area contributed by atoms with E-state index in [9.17, 15) is 0 Å². The van der Waals surface area contributed by atoms with Crippen molar-refractivity contribution < 1.29 is 0 Å². The summed E-state index contributed by atoms with van der Waals surface area (Å²) in [5.74, 6) is 0.851. The highest BCUT2D eigenvalue weighted by molar-refractivity contribution is 14.0. The molecule has 176 valence electrons. The number of hydrogen-bond donors (Lipinski definition) is 2. The van der Waals surface area contributed by atoms with E-state index in [-0.39, 0.29) is 24.0 Å². The number of halogens is 1. The highest BCUT2D eigenvalue weighted by atomic mass is 127. The Hall–Kier alpha value is -2.39. The predicted octanol–water partition coefficient (Wildman–Crippen LogP) is 4.38. The molecule has 0 amide bonds. The minimum absolute atomic E-state index is 0. The summed E-state index contributed by atoms with van der Waals surface area (Å²) in [6, 6.07) is 19.1. The van der Waals surface area contributed by atoms with E-state index in [0.717, 1.165) is 37.7 Å². The number of benzene rings is 2. The number of para-hydroxylation sites is 1. The molecule has 7 heteroatoms. The van der Waals surface area contributed by atoms with E-state index in [1.165, 1.54) is 42.6 Å². The standard InChI is InChI=1S/C26H34N6.HI/c1-2-27-26(28-15-14-24-19-30-32(21-24)25-8-4-3-5-9-25)29-18-22-10-12-23(13-11-22)20-31-16-6-7-17-31;/h3-5,8-13,19,21H,2,6-7,14-18,20H2,1H3,(H2,27,28,29);1H. The number of hydrogen-bond acceptors (Lipinski definition) is 3. The Morgan fingerprint density at radius 1 is 0.939 bits per heavy atom. The van der Waals surface area contributed by atoms with E-state index in [2.05, 4.69) is 70.2 Å². The lowest BCUT2D eigenvalue weighted by molar-refractivity contribution is 0.331. The number of likely N-dealkylation sites (tertiary alicyclic amines) is 1. The van der Waals surface area contributed by atoms with Crippen molar-refractivity contribution >= 4 is 29.9 Å². The van der Waals surface area contributed by atoms with Crippen molar-refractivity contribution in [2.24, 2.45) is 4.99 Å². The number of aromatic nitrogens is 2. The first-order valence-electron chi connectivity index (χ1n) is 11.7. The summed E-state index contributed by atoms with van der Waals surface area (Å²) < 4.78 is 1.92. The summed E-state index contributed by atoms with van der Waals surface area (Å²) in [4.78, 5) is 7.30. The highest BCUT2D eigenvalue weighted by Crippen LogP contribution is 2.14. The van der Waals surface area contributed by atoms with E-state index in [0.29, 0.717) is 6.54 Å². The topological polar surface area (TPSA) is 57.5 Å². The van der Waals surface area contributed by atoms with E-state index in [4.69, 9.17) is 4.99 Å². The van der Waals surface area contributed by atoms with Crippen molar-refractivity contribution in [1.29, 1.82) is 0 Å². The molecule has 4 rings (SSSR count). The normalized spacial score (nSPS) is 14.2. The van der Waals surface area contributed by atoms with Crippen molar-refractivity contribution in [2.45, 2.75) is 39.3 Å². The van der Waals surface area contributed by atoms with Crippen LogP contribution in [0.4, 0.5) is 0 Å². The van der Waals surface area contributed by atoms with Crippen LogP contribution in [0.25, 0.3) is 5.69 Å². The molecule has 2 N–H and O–H groups in total. The molecule has 0 saturated carbocycles.